The molecular weight excluding hydrogens is 288 g/mol. The Labute approximate surface area is 116 Å². The molecular formula is C11H16N2O4S2. The average molecular weight is 304 g/mol. The van der Waals surface area contributed by atoms with E-state index in [1.807, 2.05) is 13.8 Å². The van der Waals surface area contributed by atoms with Crippen LogP contribution in [-0.2, 0) is 14.8 Å². The molecule has 19 heavy (non-hydrogen) atoms. The van der Waals surface area contributed by atoms with Gasteiger partial charge in [-0.2, -0.15) is 4.31 Å². The van der Waals surface area contributed by atoms with Crippen molar-refractivity contribution in [1.29, 1.82) is 0 Å². The van der Waals surface area contributed by atoms with Crippen LogP contribution in [0.3, 0.4) is 0 Å². The Kier molecular flexibility index (Phi) is 3.93. The third-order valence-electron chi connectivity index (χ3n) is 2.98. The van der Waals surface area contributed by atoms with Crippen molar-refractivity contribution in [1.82, 2.24) is 9.29 Å². The van der Waals surface area contributed by atoms with E-state index in [1.165, 1.54) is 30.2 Å². The minimum absolute atomic E-state index is 0.0445. The molecule has 0 radical (unpaired) electrons. The maximum Gasteiger partial charge on any atom is 0.322 e. The summed E-state index contributed by atoms with van der Waals surface area (Å²) >= 11 is 1.37. The molecule has 0 spiro atoms. The predicted octanol–water partition coefficient (Wildman–Crippen LogP) is 1.19. The SMILES string of the molecule is CC(C)C1SCC(C(=O)O)N1S(=O)(=O)c1cc[nH]c1. The van der Waals surface area contributed by atoms with Gasteiger partial charge >= 0.3 is 5.97 Å². The Morgan fingerprint density at radius 2 is 2.26 bits per heavy atom. The maximum absolute atomic E-state index is 12.6. The summed E-state index contributed by atoms with van der Waals surface area (Å²) < 4.78 is 26.2. The van der Waals surface area contributed by atoms with E-state index in [0.29, 0.717) is 0 Å². The third kappa shape index (κ3) is 2.52. The smallest absolute Gasteiger partial charge is 0.322 e. The first-order valence-corrected chi connectivity index (χ1v) is 8.35. The number of carboxylic acids is 1. The number of H-pyrrole nitrogens is 1. The maximum atomic E-state index is 12.6. The molecule has 8 heteroatoms. The van der Waals surface area contributed by atoms with Gasteiger partial charge in [0.1, 0.15) is 6.04 Å². The van der Waals surface area contributed by atoms with Crippen molar-refractivity contribution >= 4 is 27.8 Å². The van der Waals surface area contributed by atoms with E-state index in [9.17, 15) is 18.3 Å². The topological polar surface area (TPSA) is 90.5 Å². The Morgan fingerprint density at radius 3 is 2.74 bits per heavy atom. The zero-order valence-electron chi connectivity index (χ0n) is 10.6. The van der Waals surface area contributed by atoms with E-state index < -0.39 is 22.0 Å². The quantitative estimate of drug-likeness (QED) is 0.872. The number of aromatic amines is 1. The lowest BCUT2D eigenvalue weighted by atomic mass is 10.2. The zero-order chi connectivity index (χ0) is 14.2. The van der Waals surface area contributed by atoms with Crippen molar-refractivity contribution in [2.24, 2.45) is 5.92 Å². The fourth-order valence-electron chi connectivity index (χ4n) is 2.08. The lowest BCUT2D eigenvalue weighted by molar-refractivity contribution is -0.140. The van der Waals surface area contributed by atoms with E-state index in [-0.39, 0.29) is 21.9 Å². The van der Waals surface area contributed by atoms with Crippen LogP contribution in [0, 0.1) is 5.92 Å². The van der Waals surface area contributed by atoms with Crippen LogP contribution in [0.2, 0.25) is 0 Å². The molecule has 6 nitrogen and oxygen atoms in total. The minimum atomic E-state index is -3.78. The van der Waals surface area contributed by atoms with Crippen LogP contribution in [0.5, 0.6) is 0 Å². The largest absolute Gasteiger partial charge is 0.480 e. The second kappa shape index (κ2) is 5.18. The molecule has 1 fully saturated rings. The van der Waals surface area contributed by atoms with Crippen LogP contribution in [-0.4, -0.2) is 46.0 Å². The molecule has 2 N–H and O–H groups in total. The van der Waals surface area contributed by atoms with Crippen LogP contribution >= 0.6 is 11.8 Å². The minimum Gasteiger partial charge on any atom is -0.480 e. The normalized spacial score (nSPS) is 25.0. The van der Waals surface area contributed by atoms with E-state index in [2.05, 4.69) is 4.98 Å². The molecule has 0 saturated carbocycles. The van der Waals surface area contributed by atoms with Crippen molar-refractivity contribution in [3.8, 4) is 0 Å². The highest BCUT2D eigenvalue weighted by Gasteiger charge is 2.47. The Bertz CT molecular complexity index is 553. The van der Waals surface area contributed by atoms with Gasteiger partial charge in [0, 0.05) is 18.1 Å². The number of sulfonamides is 1. The van der Waals surface area contributed by atoms with Gasteiger partial charge in [0.2, 0.25) is 10.0 Å². The molecule has 0 amide bonds. The molecule has 0 bridgehead atoms. The van der Waals surface area contributed by atoms with E-state index >= 15 is 0 Å². The number of aromatic nitrogens is 1. The van der Waals surface area contributed by atoms with Crippen molar-refractivity contribution in [3.63, 3.8) is 0 Å². The molecule has 1 aliphatic heterocycles. The van der Waals surface area contributed by atoms with E-state index in [1.54, 1.807) is 0 Å². The molecule has 0 aliphatic carbocycles. The van der Waals surface area contributed by atoms with Gasteiger partial charge in [-0.05, 0) is 12.0 Å². The summed E-state index contributed by atoms with van der Waals surface area (Å²) in [5.41, 5.74) is 0. The third-order valence-corrected chi connectivity index (χ3v) is 6.62. The summed E-state index contributed by atoms with van der Waals surface area (Å²) in [5.74, 6) is -0.778. The van der Waals surface area contributed by atoms with Gasteiger partial charge in [-0.3, -0.25) is 4.79 Å². The first-order valence-electron chi connectivity index (χ1n) is 5.86. The Hall–Kier alpha value is -0.990. The number of thioether (sulfide) groups is 1. The predicted molar refractivity (Wildman–Crippen MR) is 72.3 cm³/mol. The number of rotatable bonds is 4. The van der Waals surface area contributed by atoms with Gasteiger partial charge in [0.15, 0.2) is 0 Å². The van der Waals surface area contributed by atoms with Gasteiger partial charge in [0.25, 0.3) is 0 Å². The summed E-state index contributed by atoms with van der Waals surface area (Å²) in [4.78, 5) is 14.1. The summed E-state index contributed by atoms with van der Waals surface area (Å²) in [6.07, 6.45) is 2.88. The Balaban J connectivity index is 2.45. The molecule has 1 aliphatic rings. The molecule has 1 aromatic heterocycles. The molecule has 2 heterocycles. The van der Waals surface area contributed by atoms with Crippen LogP contribution in [0.25, 0.3) is 0 Å². The van der Waals surface area contributed by atoms with E-state index in [0.717, 1.165) is 4.31 Å². The fraction of sp³-hybridized carbons (Fsp3) is 0.545. The summed E-state index contributed by atoms with van der Waals surface area (Å²) in [7, 11) is -3.78. The number of nitrogens with one attached hydrogen (secondary N) is 1. The molecule has 1 aromatic rings. The second-order valence-corrected chi connectivity index (χ2v) is 7.70. The average Bonchev–Trinajstić information content (AvgIpc) is 2.98. The van der Waals surface area contributed by atoms with Crippen LogP contribution in [0.4, 0.5) is 0 Å². The molecule has 2 unspecified atom stereocenters. The zero-order valence-corrected chi connectivity index (χ0v) is 12.2. The summed E-state index contributed by atoms with van der Waals surface area (Å²) in [6, 6.07) is 0.437. The highest BCUT2D eigenvalue weighted by atomic mass is 32.2. The fourth-order valence-corrected chi connectivity index (χ4v) is 5.77. The van der Waals surface area contributed by atoms with Gasteiger partial charge < -0.3 is 10.1 Å². The molecule has 2 atom stereocenters. The molecule has 1 saturated heterocycles. The first-order chi connectivity index (χ1) is 8.85. The number of carbonyl (C=O) groups is 1. The summed E-state index contributed by atoms with van der Waals surface area (Å²) in [6.45, 7) is 3.78. The standard InChI is InChI=1S/C11H16N2O4S2/c1-7(2)10-13(9(6-18-10)11(14)15)19(16,17)8-3-4-12-5-8/h3-5,7,9-10,12H,6H2,1-2H3,(H,14,15). The van der Waals surface area contributed by atoms with Gasteiger partial charge in [0.05, 0.1) is 10.3 Å². The number of hydrogen-bond donors (Lipinski definition) is 2. The lowest BCUT2D eigenvalue weighted by Crippen LogP contribution is -2.46. The van der Waals surface area contributed by atoms with Gasteiger partial charge in [-0.25, -0.2) is 8.42 Å². The second-order valence-electron chi connectivity index (χ2n) is 4.70. The van der Waals surface area contributed by atoms with Crippen LogP contribution < -0.4 is 0 Å². The highest BCUT2D eigenvalue weighted by Crippen LogP contribution is 2.38. The van der Waals surface area contributed by atoms with Crippen molar-refractivity contribution in [2.45, 2.75) is 30.2 Å². The van der Waals surface area contributed by atoms with Gasteiger partial charge in [-0.15, -0.1) is 11.8 Å². The summed E-state index contributed by atoms with van der Waals surface area (Å²) in [5, 5.41) is 8.87. The molecule has 106 valence electrons. The monoisotopic (exact) mass is 304 g/mol. The molecule has 2 rings (SSSR count). The highest BCUT2D eigenvalue weighted by molar-refractivity contribution is 8.01. The lowest BCUT2D eigenvalue weighted by Gasteiger charge is -2.28. The number of hydrogen-bond acceptors (Lipinski definition) is 4. The molecule has 0 aromatic carbocycles. The Morgan fingerprint density at radius 1 is 1.58 bits per heavy atom. The number of nitrogens with zero attached hydrogens (tertiary/aromatic N) is 1. The van der Waals surface area contributed by atoms with Crippen molar-refractivity contribution < 1.29 is 18.3 Å². The van der Waals surface area contributed by atoms with Gasteiger partial charge in [-0.1, -0.05) is 13.8 Å². The number of aliphatic carboxylic acids is 1. The van der Waals surface area contributed by atoms with Crippen molar-refractivity contribution in [3.05, 3.63) is 18.5 Å². The first kappa shape index (κ1) is 14.4. The number of carboxylic acid groups (broad SMARTS) is 1. The van der Waals surface area contributed by atoms with E-state index in [4.69, 9.17) is 0 Å². The van der Waals surface area contributed by atoms with Crippen LogP contribution in [0.15, 0.2) is 23.4 Å². The van der Waals surface area contributed by atoms with Crippen LogP contribution in [0.1, 0.15) is 13.8 Å². The van der Waals surface area contributed by atoms with Crippen molar-refractivity contribution in [2.75, 3.05) is 5.75 Å².